The predicted molar refractivity (Wildman–Crippen MR) is 98.9 cm³/mol. The van der Waals surface area contributed by atoms with Crippen molar-refractivity contribution in [3.05, 3.63) is 41.6 Å². The van der Waals surface area contributed by atoms with Crippen LogP contribution in [0, 0.1) is 0 Å². The molecule has 1 heterocycles. The van der Waals surface area contributed by atoms with Crippen molar-refractivity contribution in [3.63, 3.8) is 0 Å². The average Bonchev–Trinajstić information content (AvgIpc) is 2.65. The summed E-state index contributed by atoms with van der Waals surface area (Å²) < 4.78 is 34.4. The van der Waals surface area contributed by atoms with Crippen LogP contribution in [0.3, 0.4) is 0 Å². The van der Waals surface area contributed by atoms with Crippen LogP contribution in [0.15, 0.2) is 46.5 Å². The van der Waals surface area contributed by atoms with E-state index < -0.39 is 39.6 Å². The number of hydrogen-bond acceptors (Lipinski definition) is 7. The Kier molecular flexibility index (Phi) is 7.16. The van der Waals surface area contributed by atoms with Gasteiger partial charge in [-0.3, -0.25) is 4.79 Å². The van der Waals surface area contributed by atoms with Gasteiger partial charge in [0.2, 0.25) is 0 Å². The fourth-order valence-electron chi connectivity index (χ4n) is 2.58. The third-order valence-corrected chi connectivity index (χ3v) is 5.65. The Morgan fingerprint density at radius 2 is 1.82 bits per heavy atom. The molecule has 1 aromatic rings. The topological polar surface area (TPSA) is 128 Å². The van der Waals surface area contributed by atoms with Gasteiger partial charge in [0.15, 0.2) is 9.84 Å². The summed E-state index contributed by atoms with van der Waals surface area (Å²) in [6, 6.07) is 6.60. The summed E-state index contributed by atoms with van der Waals surface area (Å²) in [6.45, 7) is 3.01. The van der Waals surface area contributed by atoms with Gasteiger partial charge in [-0.2, -0.15) is 0 Å². The molecule has 0 fully saturated rings. The van der Waals surface area contributed by atoms with Gasteiger partial charge in [0.1, 0.15) is 6.61 Å². The van der Waals surface area contributed by atoms with E-state index in [1.807, 2.05) is 0 Å². The van der Waals surface area contributed by atoms with E-state index in [4.69, 9.17) is 9.47 Å². The van der Waals surface area contributed by atoms with Gasteiger partial charge in [0.25, 0.3) is 0 Å². The molecule has 1 aliphatic rings. The molecular formula is C18H22N2O7S. The number of rotatable bonds is 8. The number of sulfone groups is 1. The van der Waals surface area contributed by atoms with Crippen LogP contribution in [-0.4, -0.2) is 51.4 Å². The van der Waals surface area contributed by atoms with Crippen LogP contribution < -0.4 is 10.6 Å². The second kappa shape index (κ2) is 9.36. The van der Waals surface area contributed by atoms with E-state index in [0.29, 0.717) is 0 Å². The van der Waals surface area contributed by atoms with Gasteiger partial charge in [-0.15, -0.1) is 0 Å². The molecule has 28 heavy (non-hydrogen) atoms. The van der Waals surface area contributed by atoms with Gasteiger partial charge in [-0.05, 0) is 26.0 Å². The summed E-state index contributed by atoms with van der Waals surface area (Å²) in [5, 5.41) is 4.94. The lowest BCUT2D eigenvalue weighted by Gasteiger charge is -2.26. The van der Waals surface area contributed by atoms with Crippen molar-refractivity contribution < 1.29 is 32.3 Å². The van der Waals surface area contributed by atoms with Gasteiger partial charge >= 0.3 is 18.0 Å². The molecule has 9 nitrogen and oxygen atoms in total. The maximum absolute atomic E-state index is 12.2. The molecule has 0 radical (unpaired) electrons. The second-order valence-corrected chi connectivity index (χ2v) is 8.08. The molecule has 0 spiro atoms. The molecule has 2 rings (SSSR count). The van der Waals surface area contributed by atoms with Gasteiger partial charge in [-0.1, -0.05) is 18.2 Å². The summed E-state index contributed by atoms with van der Waals surface area (Å²) in [6.07, 6.45) is -0.360. The third kappa shape index (κ3) is 5.56. The van der Waals surface area contributed by atoms with Crippen LogP contribution in [0.25, 0.3) is 0 Å². The van der Waals surface area contributed by atoms with Gasteiger partial charge < -0.3 is 20.1 Å². The first kappa shape index (κ1) is 21.4. The molecule has 152 valence electrons. The van der Waals surface area contributed by atoms with Crippen molar-refractivity contribution in [2.75, 3.05) is 19.0 Å². The maximum atomic E-state index is 12.2. The minimum atomic E-state index is -3.61. The van der Waals surface area contributed by atoms with Crippen molar-refractivity contribution in [1.82, 2.24) is 10.6 Å². The van der Waals surface area contributed by atoms with Crippen LogP contribution in [0.4, 0.5) is 4.79 Å². The van der Waals surface area contributed by atoms with Gasteiger partial charge in [0.05, 0.1) is 41.0 Å². The largest absolute Gasteiger partial charge is 0.463 e. The first-order valence-corrected chi connectivity index (χ1v) is 10.3. The van der Waals surface area contributed by atoms with Crippen molar-refractivity contribution in [2.24, 2.45) is 0 Å². The van der Waals surface area contributed by atoms with E-state index in [9.17, 15) is 22.8 Å². The predicted octanol–water partition coefficient (Wildman–Crippen LogP) is 0.912. The lowest BCUT2D eigenvalue weighted by atomic mass is 10.0. The first-order valence-electron chi connectivity index (χ1n) is 8.65. The number of urea groups is 1. The molecule has 0 saturated heterocycles. The molecule has 0 unspecified atom stereocenters. The van der Waals surface area contributed by atoms with E-state index in [1.54, 1.807) is 32.0 Å². The lowest BCUT2D eigenvalue weighted by Crippen LogP contribution is -2.50. The Hall–Kier alpha value is -2.88. The van der Waals surface area contributed by atoms with Crippen molar-refractivity contribution in [3.8, 4) is 0 Å². The van der Waals surface area contributed by atoms with Crippen LogP contribution >= 0.6 is 0 Å². The third-order valence-electron chi connectivity index (χ3n) is 3.92. The Bertz CT molecular complexity index is 878. The highest BCUT2D eigenvalue weighted by molar-refractivity contribution is 7.91. The molecule has 1 atom stereocenters. The smallest absolute Gasteiger partial charge is 0.338 e. The van der Waals surface area contributed by atoms with E-state index in [1.165, 1.54) is 12.1 Å². The van der Waals surface area contributed by atoms with Crippen molar-refractivity contribution in [2.45, 2.75) is 31.2 Å². The number of hydrogen-bond donors (Lipinski definition) is 2. The zero-order valence-electron chi connectivity index (χ0n) is 15.6. The second-order valence-electron chi connectivity index (χ2n) is 5.98. The number of carbonyl (C=O) groups excluding carboxylic acids is 3. The molecule has 0 bridgehead atoms. The Morgan fingerprint density at radius 3 is 2.46 bits per heavy atom. The Labute approximate surface area is 163 Å². The SMILES string of the molecule is CCOC(=O)C1=C(COC(=O)CCS(=O)(=O)c2ccccc2)NC(=O)N[C@@H]1C. The Morgan fingerprint density at radius 1 is 1.14 bits per heavy atom. The van der Waals surface area contributed by atoms with E-state index in [0.717, 1.165) is 0 Å². The number of carbonyl (C=O) groups is 3. The zero-order chi connectivity index (χ0) is 20.7. The zero-order valence-corrected chi connectivity index (χ0v) is 16.4. The number of esters is 2. The van der Waals surface area contributed by atoms with Gasteiger partial charge in [0, 0.05) is 0 Å². The molecule has 0 saturated carbocycles. The lowest BCUT2D eigenvalue weighted by molar-refractivity contribution is -0.143. The molecule has 0 aromatic heterocycles. The molecule has 2 amide bonds. The highest BCUT2D eigenvalue weighted by atomic mass is 32.2. The highest BCUT2D eigenvalue weighted by Gasteiger charge is 2.30. The number of ether oxygens (including phenoxy) is 2. The average molecular weight is 410 g/mol. The maximum Gasteiger partial charge on any atom is 0.338 e. The number of nitrogens with one attached hydrogen (secondary N) is 2. The standard InChI is InChI=1S/C18H22N2O7S/c1-3-26-17(22)16-12(2)19-18(23)20-14(16)11-27-15(21)9-10-28(24,25)13-7-5-4-6-8-13/h4-8,12H,3,9-11H2,1-2H3,(H2,19,20,23)/t12-/m1/s1. The molecule has 1 aliphatic heterocycles. The highest BCUT2D eigenvalue weighted by Crippen LogP contribution is 2.15. The van der Waals surface area contributed by atoms with E-state index >= 15 is 0 Å². The normalized spacial score (nSPS) is 16.8. The molecule has 1 aromatic carbocycles. The van der Waals surface area contributed by atoms with Gasteiger partial charge in [-0.25, -0.2) is 18.0 Å². The summed E-state index contributed by atoms with van der Waals surface area (Å²) in [7, 11) is -3.61. The number of benzene rings is 1. The summed E-state index contributed by atoms with van der Waals surface area (Å²) >= 11 is 0. The van der Waals surface area contributed by atoms with E-state index in [-0.39, 0.29) is 35.8 Å². The first-order chi connectivity index (χ1) is 13.2. The summed E-state index contributed by atoms with van der Waals surface area (Å²) in [5.74, 6) is -1.82. The van der Waals surface area contributed by atoms with E-state index in [2.05, 4.69) is 10.6 Å². The molecule has 10 heteroatoms. The molecule has 0 aliphatic carbocycles. The summed E-state index contributed by atoms with van der Waals surface area (Å²) in [5.41, 5.74) is 0.250. The van der Waals surface area contributed by atoms with Crippen LogP contribution in [0.2, 0.25) is 0 Å². The Balaban J connectivity index is 2.00. The minimum Gasteiger partial charge on any atom is -0.463 e. The fraction of sp³-hybridized carbons (Fsp3) is 0.389. The summed E-state index contributed by atoms with van der Waals surface area (Å²) in [4.78, 5) is 35.8. The monoisotopic (exact) mass is 410 g/mol. The fourth-order valence-corrected chi connectivity index (χ4v) is 3.82. The van der Waals surface area contributed by atoms with Crippen LogP contribution in [-0.2, 0) is 28.9 Å². The van der Waals surface area contributed by atoms with Crippen molar-refractivity contribution >= 4 is 27.8 Å². The van der Waals surface area contributed by atoms with Crippen molar-refractivity contribution in [1.29, 1.82) is 0 Å². The molecule has 2 N–H and O–H groups in total. The minimum absolute atomic E-state index is 0.106. The van der Waals surface area contributed by atoms with Crippen LogP contribution in [0.5, 0.6) is 0 Å². The number of amides is 2. The molecular weight excluding hydrogens is 388 g/mol. The van der Waals surface area contributed by atoms with Crippen LogP contribution in [0.1, 0.15) is 20.3 Å². The quantitative estimate of drug-likeness (QED) is 0.610.